The van der Waals surface area contributed by atoms with Gasteiger partial charge in [-0.2, -0.15) is 0 Å². The quantitative estimate of drug-likeness (QED) is 0.917. The first-order valence-corrected chi connectivity index (χ1v) is 7.43. The minimum atomic E-state index is -0.927. The average molecular weight is 326 g/mol. The second-order valence-corrected chi connectivity index (χ2v) is 6.05. The molecule has 0 bridgehead atoms. The number of nitrogens with zero attached hydrogens (tertiary/aromatic N) is 1. The zero-order valence-electron chi connectivity index (χ0n) is 13.2. The van der Waals surface area contributed by atoms with E-state index in [1.165, 1.54) is 0 Å². The molecule has 0 aromatic heterocycles. The van der Waals surface area contributed by atoms with Gasteiger partial charge in [0, 0.05) is 32.1 Å². The van der Waals surface area contributed by atoms with Crippen LogP contribution in [0.3, 0.4) is 0 Å². The lowest BCUT2D eigenvalue weighted by molar-refractivity contribution is -0.145. The molecular formula is C16H20F2N2O3. The lowest BCUT2D eigenvalue weighted by atomic mass is 10.1. The molecule has 126 valence electrons. The first-order chi connectivity index (χ1) is 10.8. The normalized spacial score (nSPS) is 17.0. The SMILES string of the molecule is CC1(C)CN(C(=O)CCNC(=O)c2ccc(F)cc2F)CCO1. The Hall–Kier alpha value is -2.02. The van der Waals surface area contributed by atoms with Gasteiger partial charge in [0.15, 0.2) is 0 Å². The monoisotopic (exact) mass is 326 g/mol. The summed E-state index contributed by atoms with van der Waals surface area (Å²) in [6.45, 7) is 5.39. The number of nitrogens with one attached hydrogen (secondary N) is 1. The molecule has 1 aromatic rings. The van der Waals surface area contributed by atoms with Gasteiger partial charge in [0.2, 0.25) is 5.91 Å². The maximum atomic E-state index is 13.5. The number of halogens is 2. The lowest BCUT2D eigenvalue weighted by Crippen LogP contribution is -2.51. The molecular weight excluding hydrogens is 306 g/mol. The van der Waals surface area contributed by atoms with Gasteiger partial charge in [0.05, 0.1) is 17.8 Å². The fourth-order valence-electron chi connectivity index (χ4n) is 2.44. The van der Waals surface area contributed by atoms with Gasteiger partial charge in [-0.1, -0.05) is 0 Å². The van der Waals surface area contributed by atoms with Crippen LogP contribution in [0.4, 0.5) is 8.78 Å². The van der Waals surface area contributed by atoms with Crippen LogP contribution in [0.5, 0.6) is 0 Å². The number of ether oxygens (including phenoxy) is 1. The fraction of sp³-hybridized carbons (Fsp3) is 0.500. The van der Waals surface area contributed by atoms with Crippen LogP contribution in [0.25, 0.3) is 0 Å². The Morgan fingerprint density at radius 3 is 2.74 bits per heavy atom. The Bertz CT molecular complexity index is 605. The summed E-state index contributed by atoms with van der Waals surface area (Å²) >= 11 is 0. The van der Waals surface area contributed by atoms with Crippen LogP contribution in [0.1, 0.15) is 30.6 Å². The van der Waals surface area contributed by atoms with Crippen molar-refractivity contribution >= 4 is 11.8 Å². The number of carbonyl (C=O) groups excluding carboxylic acids is 2. The number of benzene rings is 1. The summed E-state index contributed by atoms with van der Waals surface area (Å²) < 4.78 is 31.8. The highest BCUT2D eigenvalue weighted by atomic mass is 19.1. The van der Waals surface area contributed by atoms with E-state index in [0.29, 0.717) is 25.8 Å². The molecule has 1 aromatic carbocycles. The van der Waals surface area contributed by atoms with Gasteiger partial charge >= 0.3 is 0 Å². The number of hydrogen-bond donors (Lipinski definition) is 1. The molecule has 1 fully saturated rings. The molecule has 0 atom stereocenters. The van der Waals surface area contributed by atoms with Crippen molar-refractivity contribution in [2.24, 2.45) is 0 Å². The molecule has 0 aliphatic carbocycles. The van der Waals surface area contributed by atoms with Gasteiger partial charge in [-0.3, -0.25) is 9.59 Å². The van der Waals surface area contributed by atoms with Crippen LogP contribution >= 0.6 is 0 Å². The van der Waals surface area contributed by atoms with Gasteiger partial charge in [-0.25, -0.2) is 8.78 Å². The molecule has 23 heavy (non-hydrogen) atoms. The molecule has 1 saturated heterocycles. The highest BCUT2D eigenvalue weighted by molar-refractivity contribution is 5.94. The van der Waals surface area contributed by atoms with Gasteiger partial charge in [0.25, 0.3) is 5.91 Å². The number of morpholine rings is 1. The Balaban J connectivity index is 1.82. The first-order valence-electron chi connectivity index (χ1n) is 7.43. The minimum absolute atomic E-state index is 0.0896. The third kappa shape index (κ3) is 4.72. The van der Waals surface area contributed by atoms with Crippen molar-refractivity contribution in [3.63, 3.8) is 0 Å². The van der Waals surface area contributed by atoms with Crippen LogP contribution in [0.2, 0.25) is 0 Å². The summed E-state index contributed by atoms with van der Waals surface area (Å²) in [6.07, 6.45) is 0.116. The van der Waals surface area contributed by atoms with Gasteiger partial charge in [-0.15, -0.1) is 0 Å². The molecule has 0 saturated carbocycles. The van der Waals surface area contributed by atoms with Crippen LogP contribution in [-0.2, 0) is 9.53 Å². The van der Waals surface area contributed by atoms with E-state index in [-0.39, 0.29) is 30.0 Å². The van der Waals surface area contributed by atoms with Crippen molar-refractivity contribution < 1.29 is 23.1 Å². The topological polar surface area (TPSA) is 58.6 Å². The van der Waals surface area contributed by atoms with E-state index in [9.17, 15) is 18.4 Å². The molecule has 2 rings (SSSR count). The Kier molecular flexibility index (Phi) is 5.30. The number of carbonyl (C=O) groups is 2. The third-order valence-electron chi connectivity index (χ3n) is 3.58. The molecule has 1 aliphatic rings. The van der Waals surface area contributed by atoms with E-state index in [0.717, 1.165) is 12.1 Å². The predicted molar refractivity (Wildman–Crippen MR) is 79.9 cm³/mol. The van der Waals surface area contributed by atoms with Crippen LogP contribution in [0, 0.1) is 11.6 Å². The smallest absolute Gasteiger partial charge is 0.254 e. The molecule has 2 amide bonds. The largest absolute Gasteiger partial charge is 0.372 e. The molecule has 0 unspecified atom stereocenters. The van der Waals surface area contributed by atoms with Gasteiger partial charge < -0.3 is 15.0 Å². The lowest BCUT2D eigenvalue weighted by Gasteiger charge is -2.38. The second-order valence-electron chi connectivity index (χ2n) is 6.05. The zero-order chi connectivity index (χ0) is 17.0. The van der Waals surface area contributed by atoms with Crippen molar-refractivity contribution in [1.82, 2.24) is 10.2 Å². The maximum Gasteiger partial charge on any atom is 0.254 e. The molecule has 1 N–H and O–H groups in total. The van der Waals surface area contributed by atoms with Gasteiger partial charge in [-0.05, 0) is 26.0 Å². The summed E-state index contributed by atoms with van der Waals surface area (Å²) in [5.74, 6) is -2.44. The molecule has 7 heteroatoms. The van der Waals surface area contributed by atoms with E-state index >= 15 is 0 Å². The fourth-order valence-corrected chi connectivity index (χ4v) is 2.44. The highest BCUT2D eigenvalue weighted by Crippen LogP contribution is 2.17. The predicted octanol–water partition coefficient (Wildman–Crippen LogP) is 1.72. The van der Waals surface area contributed by atoms with Crippen molar-refractivity contribution in [2.45, 2.75) is 25.9 Å². The molecule has 0 spiro atoms. The summed E-state index contributed by atoms with van der Waals surface area (Å²) in [6, 6.07) is 2.74. The van der Waals surface area contributed by atoms with E-state index in [1.807, 2.05) is 13.8 Å². The summed E-state index contributed by atoms with van der Waals surface area (Å²) in [5, 5.41) is 2.47. The maximum absolute atomic E-state index is 13.5. The van der Waals surface area contributed by atoms with Gasteiger partial charge in [0.1, 0.15) is 11.6 Å². The average Bonchev–Trinajstić information content (AvgIpc) is 2.45. The van der Waals surface area contributed by atoms with Crippen molar-refractivity contribution in [2.75, 3.05) is 26.2 Å². The highest BCUT2D eigenvalue weighted by Gasteiger charge is 2.29. The number of rotatable bonds is 4. The Labute approximate surface area is 133 Å². The van der Waals surface area contributed by atoms with E-state index < -0.39 is 17.5 Å². The summed E-state index contributed by atoms with van der Waals surface area (Å²) in [7, 11) is 0. The molecule has 5 nitrogen and oxygen atoms in total. The van der Waals surface area contributed by atoms with Crippen molar-refractivity contribution in [3.05, 3.63) is 35.4 Å². The van der Waals surface area contributed by atoms with Crippen molar-refractivity contribution in [1.29, 1.82) is 0 Å². The summed E-state index contributed by atoms with van der Waals surface area (Å²) in [5.41, 5.74) is -0.625. The molecule has 0 radical (unpaired) electrons. The first kappa shape index (κ1) is 17.3. The second kappa shape index (κ2) is 7.04. The minimum Gasteiger partial charge on any atom is -0.372 e. The Morgan fingerprint density at radius 2 is 2.09 bits per heavy atom. The van der Waals surface area contributed by atoms with Crippen LogP contribution in [-0.4, -0.2) is 48.6 Å². The Morgan fingerprint density at radius 1 is 1.35 bits per heavy atom. The molecule has 1 aliphatic heterocycles. The van der Waals surface area contributed by atoms with E-state index in [4.69, 9.17) is 4.74 Å². The number of amides is 2. The third-order valence-corrected chi connectivity index (χ3v) is 3.58. The van der Waals surface area contributed by atoms with Crippen LogP contribution < -0.4 is 5.32 Å². The van der Waals surface area contributed by atoms with Crippen molar-refractivity contribution in [3.8, 4) is 0 Å². The zero-order valence-corrected chi connectivity index (χ0v) is 13.2. The summed E-state index contributed by atoms with van der Waals surface area (Å²) in [4.78, 5) is 25.6. The molecule has 1 heterocycles. The van der Waals surface area contributed by atoms with E-state index in [1.54, 1.807) is 4.90 Å². The number of hydrogen-bond acceptors (Lipinski definition) is 3. The van der Waals surface area contributed by atoms with E-state index in [2.05, 4.69) is 5.32 Å². The standard InChI is InChI=1S/C16H20F2N2O3/c1-16(2)10-20(7-8-23-16)14(21)5-6-19-15(22)12-4-3-11(17)9-13(12)18/h3-4,9H,5-8,10H2,1-2H3,(H,19,22). The van der Waals surface area contributed by atoms with Crippen LogP contribution in [0.15, 0.2) is 18.2 Å².